The minimum atomic E-state index is -3.48. The molecule has 0 radical (unpaired) electrons. The number of fused-ring (bicyclic) bond motifs is 1. The molecule has 6 nitrogen and oxygen atoms in total. The third-order valence-electron chi connectivity index (χ3n) is 5.46. The van der Waals surface area contributed by atoms with Gasteiger partial charge < -0.3 is 10.1 Å². The molecule has 2 aliphatic heterocycles. The van der Waals surface area contributed by atoms with Crippen molar-refractivity contribution >= 4 is 22.0 Å². The van der Waals surface area contributed by atoms with Crippen molar-refractivity contribution in [2.75, 3.05) is 19.7 Å². The molecular weight excluding hydrogens is 400 g/mol. The Labute approximate surface area is 177 Å². The molecule has 1 amide bonds. The molecule has 0 spiro atoms. The van der Waals surface area contributed by atoms with Gasteiger partial charge in [-0.15, -0.1) is 0 Å². The third-order valence-corrected chi connectivity index (χ3v) is 7.35. The van der Waals surface area contributed by atoms with Crippen LogP contribution in [0.2, 0.25) is 0 Å². The molecule has 2 aromatic rings. The van der Waals surface area contributed by atoms with E-state index in [1.807, 2.05) is 24.3 Å². The lowest BCUT2D eigenvalue weighted by atomic mass is 10.1. The summed E-state index contributed by atoms with van der Waals surface area (Å²) in [5.74, 6) is 0.687. The standard InChI is InChI=1S/C23H26N2O4S/c26-23(10-8-18-7-9-22-20(15-18)11-14-29-22)24-17-19-5-4-6-21(16-19)30(27,28)25-12-2-1-3-13-25/h4-10,15-16H,1-3,11-14,17H2,(H,24,26)/b10-8+. The second-order valence-corrected chi connectivity index (χ2v) is 9.57. The van der Waals surface area contributed by atoms with Crippen molar-refractivity contribution in [3.63, 3.8) is 0 Å². The summed E-state index contributed by atoms with van der Waals surface area (Å²) in [6.07, 6.45) is 7.03. The van der Waals surface area contributed by atoms with E-state index in [-0.39, 0.29) is 17.3 Å². The molecule has 2 heterocycles. The van der Waals surface area contributed by atoms with Crippen LogP contribution in [0.3, 0.4) is 0 Å². The number of benzene rings is 2. The Hall–Kier alpha value is -2.64. The van der Waals surface area contributed by atoms with E-state index in [1.165, 1.54) is 6.08 Å². The first-order chi connectivity index (χ1) is 14.5. The van der Waals surface area contributed by atoms with Crippen molar-refractivity contribution in [1.29, 1.82) is 0 Å². The Balaban J connectivity index is 1.36. The van der Waals surface area contributed by atoms with Gasteiger partial charge in [0.15, 0.2) is 0 Å². The van der Waals surface area contributed by atoms with Gasteiger partial charge in [0.05, 0.1) is 11.5 Å². The van der Waals surface area contributed by atoms with Gasteiger partial charge >= 0.3 is 0 Å². The highest BCUT2D eigenvalue weighted by atomic mass is 32.2. The van der Waals surface area contributed by atoms with Crippen molar-refractivity contribution in [3.8, 4) is 5.75 Å². The average molecular weight is 427 g/mol. The number of hydrogen-bond acceptors (Lipinski definition) is 4. The summed E-state index contributed by atoms with van der Waals surface area (Å²) in [7, 11) is -3.48. The van der Waals surface area contributed by atoms with Gasteiger partial charge in [0.2, 0.25) is 15.9 Å². The van der Waals surface area contributed by atoms with Crippen LogP contribution in [0.1, 0.15) is 36.0 Å². The largest absolute Gasteiger partial charge is 0.493 e. The monoisotopic (exact) mass is 426 g/mol. The number of hydrogen-bond donors (Lipinski definition) is 1. The highest BCUT2D eigenvalue weighted by Crippen LogP contribution is 2.26. The van der Waals surface area contributed by atoms with Crippen LogP contribution in [0, 0.1) is 0 Å². The first-order valence-corrected chi connectivity index (χ1v) is 11.8. The van der Waals surface area contributed by atoms with Crippen LogP contribution in [-0.4, -0.2) is 38.3 Å². The Morgan fingerprint density at radius 3 is 2.77 bits per heavy atom. The highest BCUT2D eigenvalue weighted by Gasteiger charge is 2.25. The van der Waals surface area contributed by atoms with Crippen LogP contribution in [-0.2, 0) is 27.8 Å². The molecule has 0 atom stereocenters. The van der Waals surface area contributed by atoms with Gasteiger partial charge in [-0.25, -0.2) is 8.42 Å². The normalized spacial score (nSPS) is 16.9. The molecule has 1 N–H and O–H groups in total. The zero-order valence-electron chi connectivity index (χ0n) is 16.8. The molecule has 158 valence electrons. The fraction of sp³-hybridized carbons (Fsp3) is 0.348. The van der Waals surface area contributed by atoms with Crippen LogP contribution in [0.15, 0.2) is 53.4 Å². The molecule has 0 unspecified atom stereocenters. The van der Waals surface area contributed by atoms with Gasteiger partial charge in [0.1, 0.15) is 5.75 Å². The Morgan fingerprint density at radius 1 is 1.10 bits per heavy atom. The molecule has 0 bridgehead atoms. The zero-order chi connectivity index (χ0) is 21.0. The van der Waals surface area contributed by atoms with E-state index in [0.29, 0.717) is 19.7 Å². The number of nitrogens with zero attached hydrogens (tertiary/aromatic N) is 1. The van der Waals surface area contributed by atoms with Crippen LogP contribution < -0.4 is 10.1 Å². The number of amides is 1. The number of piperidine rings is 1. The van der Waals surface area contributed by atoms with E-state index in [4.69, 9.17) is 4.74 Å². The Morgan fingerprint density at radius 2 is 1.93 bits per heavy atom. The number of nitrogens with one attached hydrogen (secondary N) is 1. The van der Waals surface area contributed by atoms with Crippen LogP contribution in [0.5, 0.6) is 5.75 Å². The van der Waals surface area contributed by atoms with Crippen molar-refractivity contribution in [2.45, 2.75) is 37.1 Å². The summed E-state index contributed by atoms with van der Waals surface area (Å²) >= 11 is 0. The number of sulfonamides is 1. The van der Waals surface area contributed by atoms with E-state index in [9.17, 15) is 13.2 Å². The Bertz CT molecular complexity index is 1060. The minimum absolute atomic E-state index is 0.226. The molecule has 0 aliphatic carbocycles. The van der Waals surface area contributed by atoms with Gasteiger partial charge in [-0.1, -0.05) is 24.6 Å². The van der Waals surface area contributed by atoms with E-state index >= 15 is 0 Å². The molecule has 30 heavy (non-hydrogen) atoms. The maximum Gasteiger partial charge on any atom is 0.244 e. The molecular formula is C23H26N2O4S. The summed E-state index contributed by atoms with van der Waals surface area (Å²) in [6, 6.07) is 12.7. The first-order valence-electron chi connectivity index (χ1n) is 10.3. The van der Waals surface area contributed by atoms with Gasteiger partial charge in [-0.05, 0) is 59.9 Å². The van der Waals surface area contributed by atoms with Crippen molar-refractivity contribution in [3.05, 3.63) is 65.2 Å². The molecule has 0 aromatic heterocycles. The Kier molecular flexibility index (Phi) is 6.20. The van der Waals surface area contributed by atoms with Crippen LogP contribution in [0.4, 0.5) is 0 Å². The first kappa shape index (κ1) is 20.6. The minimum Gasteiger partial charge on any atom is -0.493 e. The van der Waals surface area contributed by atoms with Gasteiger partial charge in [0, 0.05) is 32.1 Å². The van der Waals surface area contributed by atoms with Gasteiger partial charge in [0.25, 0.3) is 0 Å². The SMILES string of the molecule is O=C(/C=C/c1ccc2c(c1)CCO2)NCc1cccc(S(=O)(=O)N2CCCCC2)c1. The second-order valence-electron chi connectivity index (χ2n) is 7.63. The van der Waals surface area contributed by atoms with Gasteiger partial charge in [-0.3, -0.25) is 4.79 Å². The second kappa shape index (κ2) is 9.02. The van der Waals surface area contributed by atoms with Crippen molar-refractivity contribution in [1.82, 2.24) is 9.62 Å². The summed E-state index contributed by atoms with van der Waals surface area (Å²) in [6.45, 7) is 2.12. The predicted molar refractivity (Wildman–Crippen MR) is 116 cm³/mol. The molecule has 4 rings (SSSR count). The predicted octanol–water partition coefficient (Wildman–Crippen LogP) is 3.13. The van der Waals surface area contributed by atoms with E-state index in [2.05, 4.69) is 5.32 Å². The number of carbonyl (C=O) groups is 1. The topological polar surface area (TPSA) is 75.7 Å². The zero-order valence-corrected chi connectivity index (χ0v) is 17.7. The van der Waals surface area contributed by atoms with Gasteiger partial charge in [-0.2, -0.15) is 4.31 Å². The maximum atomic E-state index is 12.8. The summed E-state index contributed by atoms with van der Waals surface area (Å²) in [4.78, 5) is 12.5. The fourth-order valence-corrected chi connectivity index (χ4v) is 5.39. The number of carbonyl (C=O) groups excluding carboxylic acids is 1. The summed E-state index contributed by atoms with van der Waals surface area (Å²) in [5, 5.41) is 2.82. The molecule has 2 aromatic carbocycles. The van der Waals surface area contributed by atoms with E-state index in [0.717, 1.165) is 48.1 Å². The lowest BCUT2D eigenvalue weighted by Crippen LogP contribution is -2.35. The average Bonchev–Trinajstić information content (AvgIpc) is 3.25. The fourth-order valence-electron chi connectivity index (χ4n) is 3.80. The number of ether oxygens (including phenoxy) is 1. The summed E-state index contributed by atoms with van der Waals surface area (Å²) in [5.41, 5.74) is 2.86. The van der Waals surface area contributed by atoms with E-state index < -0.39 is 10.0 Å². The molecule has 0 saturated carbocycles. The smallest absolute Gasteiger partial charge is 0.244 e. The third kappa shape index (κ3) is 4.74. The maximum absolute atomic E-state index is 12.8. The van der Waals surface area contributed by atoms with Crippen molar-refractivity contribution in [2.24, 2.45) is 0 Å². The lowest BCUT2D eigenvalue weighted by molar-refractivity contribution is -0.116. The quantitative estimate of drug-likeness (QED) is 0.720. The van der Waals surface area contributed by atoms with Crippen molar-refractivity contribution < 1.29 is 17.9 Å². The number of rotatable bonds is 6. The van der Waals surface area contributed by atoms with Crippen LogP contribution in [0.25, 0.3) is 6.08 Å². The molecule has 7 heteroatoms. The lowest BCUT2D eigenvalue weighted by Gasteiger charge is -2.26. The molecule has 2 aliphatic rings. The van der Waals surface area contributed by atoms with Crippen LogP contribution >= 0.6 is 0 Å². The molecule has 1 fully saturated rings. The highest BCUT2D eigenvalue weighted by molar-refractivity contribution is 7.89. The molecule has 1 saturated heterocycles. The van der Waals surface area contributed by atoms with E-state index in [1.54, 1.807) is 28.6 Å². The summed E-state index contributed by atoms with van der Waals surface area (Å²) < 4.78 is 32.7.